The van der Waals surface area contributed by atoms with Gasteiger partial charge in [-0.25, -0.2) is 4.79 Å². The van der Waals surface area contributed by atoms with Gasteiger partial charge in [-0.15, -0.1) is 0 Å². The molecule has 0 saturated carbocycles. The highest BCUT2D eigenvalue weighted by Crippen LogP contribution is 2.19. The van der Waals surface area contributed by atoms with Crippen LogP contribution in [0.1, 0.15) is 42.6 Å². The molecule has 1 aliphatic rings. The molecule has 0 aliphatic carbocycles. The second-order valence-corrected chi connectivity index (χ2v) is 5.19. The lowest BCUT2D eigenvalue weighted by molar-refractivity contribution is 0.0659. The fourth-order valence-corrected chi connectivity index (χ4v) is 2.51. The molecule has 2 N–H and O–H groups in total. The maximum atomic E-state index is 10.8. The third kappa shape index (κ3) is 3.58. The van der Waals surface area contributed by atoms with Gasteiger partial charge in [0.15, 0.2) is 0 Å². The second kappa shape index (κ2) is 6.21. The molecule has 106 valence electrons. The first-order valence-corrected chi connectivity index (χ1v) is 6.89. The Labute approximate surface area is 113 Å². The van der Waals surface area contributed by atoms with Crippen LogP contribution in [-0.4, -0.2) is 42.2 Å². The van der Waals surface area contributed by atoms with Gasteiger partial charge in [-0.3, -0.25) is 0 Å². The summed E-state index contributed by atoms with van der Waals surface area (Å²) in [5, 5.41) is 12.2. The smallest absolute Gasteiger partial charge is 0.371 e. The number of aromatic carboxylic acids is 1. The summed E-state index contributed by atoms with van der Waals surface area (Å²) < 4.78 is 5.29. The van der Waals surface area contributed by atoms with Crippen molar-refractivity contribution in [1.82, 2.24) is 10.2 Å². The first-order chi connectivity index (χ1) is 9.10. The van der Waals surface area contributed by atoms with E-state index >= 15 is 0 Å². The quantitative estimate of drug-likeness (QED) is 0.824. The van der Waals surface area contributed by atoms with Crippen molar-refractivity contribution in [3.8, 4) is 0 Å². The Hall–Kier alpha value is -1.33. The Kier molecular flexibility index (Phi) is 4.61. The normalized spacial score (nSPS) is 21.7. The number of rotatable bonds is 6. The van der Waals surface area contributed by atoms with Gasteiger partial charge in [0.05, 0.1) is 6.04 Å². The van der Waals surface area contributed by atoms with Gasteiger partial charge in [0.2, 0.25) is 5.76 Å². The average Bonchev–Trinajstić information content (AvgIpc) is 3.04. The monoisotopic (exact) mass is 266 g/mol. The van der Waals surface area contributed by atoms with E-state index in [1.54, 1.807) is 6.07 Å². The molecule has 0 radical (unpaired) electrons. The van der Waals surface area contributed by atoms with Gasteiger partial charge in [0, 0.05) is 6.54 Å². The number of nitrogens with one attached hydrogen (secondary N) is 1. The molecule has 1 aliphatic heterocycles. The number of likely N-dealkylation sites (tertiary alicyclic amines) is 1. The van der Waals surface area contributed by atoms with Gasteiger partial charge >= 0.3 is 5.97 Å². The lowest BCUT2D eigenvalue weighted by Gasteiger charge is -2.16. The van der Waals surface area contributed by atoms with Gasteiger partial charge in [-0.1, -0.05) is 6.92 Å². The van der Waals surface area contributed by atoms with E-state index in [9.17, 15) is 4.79 Å². The topological polar surface area (TPSA) is 65.7 Å². The van der Waals surface area contributed by atoms with Crippen molar-refractivity contribution in [2.24, 2.45) is 5.92 Å². The standard InChI is InChI=1S/C14H22N2O3/c1-3-16-7-6-11(9-16)8-15-10(2)12-4-5-13(19-12)14(17)18/h4-5,10-11,15H,3,6-9H2,1-2H3,(H,17,18). The molecule has 0 bridgehead atoms. The van der Waals surface area contributed by atoms with E-state index in [1.165, 1.54) is 19.0 Å². The molecular weight excluding hydrogens is 244 g/mol. The van der Waals surface area contributed by atoms with Crippen molar-refractivity contribution in [2.75, 3.05) is 26.2 Å². The fourth-order valence-electron chi connectivity index (χ4n) is 2.51. The molecule has 5 nitrogen and oxygen atoms in total. The molecule has 2 unspecified atom stereocenters. The summed E-state index contributed by atoms with van der Waals surface area (Å²) in [5.74, 6) is 0.341. The molecule has 0 aromatic carbocycles. The van der Waals surface area contributed by atoms with E-state index in [2.05, 4.69) is 17.1 Å². The number of carboxylic acids is 1. The van der Waals surface area contributed by atoms with Crippen molar-refractivity contribution in [3.63, 3.8) is 0 Å². The summed E-state index contributed by atoms with van der Waals surface area (Å²) in [6.07, 6.45) is 1.23. The van der Waals surface area contributed by atoms with Crippen LogP contribution in [0.3, 0.4) is 0 Å². The number of hydrogen-bond acceptors (Lipinski definition) is 4. The molecule has 1 saturated heterocycles. The maximum absolute atomic E-state index is 10.8. The predicted octanol–water partition coefficient (Wildman–Crippen LogP) is 1.97. The van der Waals surface area contributed by atoms with Crippen LogP contribution in [0.25, 0.3) is 0 Å². The first-order valence-electron chi connectivity index (χ1n) is 6.89. The van der Waals surface area contributed by atoms with E-state index in [-0.39, 0.29) is 11.8 Å². The van der Waals surface area contributed by atoms with E-state index in [0.29, 0.717) is 11.7 Å². The molecule has 1 aromatic rings. The second-order valence-electron chi connectivity index (χ2n) is 5.19. The largest absolute Gasteiger partial charge is 0.475 e. The van der Waals surface area contributed by atoms with Crippen LogP contribution in [0.15, 0.2) is 16.5 Å². The minimum Gasteiger partial charge on any atom is -0.475 e. The molecular formula is C14H22N2O3. The molecule has 0 amide bonds. The zero-order valence-corrected chi connectivity index (χ0v) is 11.6. The molecule has 5 heteroatoms. The zero-order valence-electron chi connectivity index (χ0n) is 11.6. The first kappa shape index (κ1) is 14.1. The molecule has 2 rings (SSSR count). The average molecular weight is 266 g/mol. The minimum absolute atomic E-state index is 0.00155. The summed E-state index contributed by atoms with van der Waals surface area (Å²) in [6, 6.07) is 3.28. The van der Waals surface area contributed by atoms with Gasteiger partial charge < -0.3 is 19.7 Å². The third-order valence-corrected chi connectivity index (χ3v) is 3.79. The van der Waals surface area contributed by atoms with Crippen molar-refractivity contribution >= 4 is 5.97 Å². The summed E-state index contributed by atoms with van der Waals surface area (Å²) in [5.41, 5.74) is 0. The highest BCUT2D eigenvalue weighted by atomic mass is 16.4. The summed E-state index contributed by atoms with van der Waals surface area (Å²) in [4.78, 5) is 13.2. The number of furan rings is 1. The van der Waals surface area contributed by atoms with Crippen LogP contribution in [0.5, 0.6) is 0 Å². The third-order valence-electron chi connectivity index (χ3n) is 3.79. The summed E-state index contributed by atoms with van der Waals surface area (Å²) in [7, 11) is 0. The number of carboxylic acid groups (broad SMARTS) is 1. The number of hydrogen-bond donors (Lipinski definition) is 2. The van der Waals surface area contributed by atoms with Gasteiger partial charge in [-0.2, -0.15) is 0 Å². The fraction of sp³-hybridized carbons (Fsp3) is 0.643. The Morgan fingerprint density at radius 2 is 2.42 bits per heavy atom. The molecule has 0 spiro atoms. The lowest BCUT2D eigenvalue weighted by Crippen LogP contribution is -2.28. The summed E-state index contributed by atoms with van der Waals surface area (Å²) >= 11 is 0. The van der Waals surface area contributed by atoms with Crippen LogP contribution in [-0.2, 0) is 0 Å². The Morgan fingerprint density at radius 1 is 1.63 bits per heavy atom. The van der Waals surface area contributed by atoms with Gasteiger partial charge in [0.25, 0.3) is 0 Å². The minimum atomic E-state index is -1.02. The van der Waals surface area contributed by atoms with Crippen LogP contribution in [0.4, 0.5) is 0 Å². The van der Waals surface area contributed by atoms with E-state index in [0.717, 1.165) is 19.6 Å². The van der Waals surface area contributed by atoms with Crippen molar-refractivity contribution in [3.05, 3.63) is 23.7 Å². The van der Waals surface area contributed by atoms with Gasteiger partial charge in [-0.05, 0) is 51.0 Å². The molecule has 19 heavy (non-hydrogen) atoms. The van der Waals surface area contributed by atoms with Crippen LogP contribution < -0.4 is 5.32 Å². The van der Waals surface area contributed by atoms with E-state index in [1.807, 2.05) is 6.92 Å². The Bertz CT molecular complexity index is 430. The summed E-state index contributed by atoms with van der Waals surface area (Å²) in [6.45, 7) is 8.58. The highest BCUT2D eigenvalue weighted by molar-refractivity contribution is 5.84. The molecule has 1 aromatic heterocycles. The van der Waals surface area contributed by atoms with E-state index in [4.69, 9.17) is 9.52 Å². The van der Waals surface area contributed by atoms with Crippen molar-refractivity contribution < 1.29 is 14.3 Å². The predicted molar refractivity (Wildman–Crippen MR) is 72.3 cm³/mol. The zero-order chi connectivity index (χ0) is 13.8. The van der Waals surface area contributed by atoms with Crippen LogP contribution in [0.2, 0.25) is 0 Å². The van der Waals surface area contributed by atoms with Crippen LogP contribution >= 0.6 is 0 Å². The number of carbonyl (C=O) groups is 1. The Morgan fingerprint density at radius 3 is 3.00 bits per heavy atom. The van der Waals surface area contributed by atoms with Gasteiger partial charge in [0.1, 0.15) is 5.76 Å². The SMILES string of the molecule is CCN1CCC(CNC(C)c2ccc(C(=O)O)o2)C1. The van der Waals surface area contributed by atoms with E-state index < -0.39 is 5.97 Å². The molecule has 2 atom stereocenters. The number of nitrogens with zero attached hydrogens (tertiary/aromatic N) is 1. The maximum Gasteiger partial charge on any atom is 0.371 e. The highest BCUT2D eigenvalue weighted by Gasteiger charge is 2.22. The lowest BCUT2D eigenvalue weighted by atomic mass is 10.1. The molecule has 2 heterocycles. The molecule has 1 fully saturated rings. The Balaban J connectivity index is 1.80. The van der Waals surface area contributed by atoms with Crippen molar-refractivity contribution in [2.45, 2.75) is 26.3 Å². The van der Waals surface area contributed by atoms with Crippen molar-refractivity contribution in [1.29, 1.82) is 0 Å². The van der Waals surface area contributed by atoms with Crippen LogP contribution in [0, 0.1) is 5.92 Å².